The standard InChI is InChI=1S/C10H10N2O3S/c11-10(15)9(14)8(13)6-3-1-2-4-7(6)12-5-16/h1-4,8-9,13-14H,(H2,11,15). The second kappa shape index (κ2) is 5.48. The van der Waals surface area contributed by atoms with Crippen molar-refractivity contribution in [2.45, 2.75) is 12.2 Å². The SMILES string of the molecule is NC(=O)C(O)C(O)c1ccccc1N=C=S. The summed E-state index contributed by atoms with van der Waals surface area (Å²) in [6.07, 6.45) is -3.11. The van der Waals surface area contributed by atoms with E-state index in [9.17, 15) is 15.0 Å². The molecule has 6 heteroatoms. The number of hydrogen-bond donors (Lipinski definition) is 3. The zero-order valence-corrected chi connectivity index (χ0v) is 9.02. The van der Waals surface area contributed by atoms with Crippen LogP contribution >= 0.6 is 12.2 Å². The minimum Gasteiger partial charge on any atom is -0.385 e. The van der Waals surface area contributed by atoms with Crippen LogP contribution in [0.2, 0.25) is 0 Å². The number of carbonyl (C=O) groups excluding carboxylic acids is 1. The van der Waals surface area contributed by atoms with E-state index in [1.165, 1.54) is 6.07 Å². The highest BCUT2D eigenvalue weighted by Crippen LogP contribution is 2.27. The van der Waals surface area contributed by atoms with Crippen LogP contribution in [0.25, 0.3) is 0 Å². The van der Waals surface area contributed by atoms with E-state index in [2.05, 4.69) is 22.4 Å². The third-order valence-electron chi connectivity index (χ3n) is 2.01. The molecule has 1 rings (SSSR count). The minimum absolute atomic E-state index is 0.270. The fourth-order valence-corrected chi connectivity index (χ4v) is 1.31. The minimum atomic E-state index is -1.68. The Morgan fingerprint density at radius 2 is 2.06 bits per heavy atom. The van der Waals surface area contributed by atoms with Crippen LogP contribution in [0.5, 0.6) is 0 Å². The quantitative estimate of drug-likeness (QED) is 0.519. The highest BCUT2D eigenvalue weighted by atomic mass is 32.1. The maximum absolute atomic E-state index is 10.7. The number of benzene rings is 1. The van der Waals surface area contributed by atoms with Gasteiger partial charge in [-0.05, 0) is 18.3 Å². The van der Waals surface area contributed by atoms with E-state index in [1.54, 1.807) is 18.2 Å². The highest BCUT2D eigenvalue weighted by molar-refractivity contribution is 7.78. The van der Waals surface area contributed by atoms with Gasteiger partial charge < -0.3 is 15.9 Å². The van der Waals surface area contributed by atoms with Crippen LogP contribution in [0.15, 0.2) is 29.3 Å². The number of isothiocyanates is 1. The first kappa shape index (κ1) is 12.5. The molecule has 0 aliphatic heterocycles. The van der Waals surface area contributed by atoms with Crippen molar-refractivity contribution in [1.82, 2.24) is 0 Å². The number of para-hydroxylation sites is 1. The van der Waals surface area contributed by atoms with Crippen molar-refractivity contribution < 1.29 is 15.0 Å². The van der Waals surface area contributed by atoms with Crippen molar-refractivity contribution in [2.24, 2.45) is 10.7 Å². The Kier molecular flexibility index (Phi) is 4.28. The van der Waals surface area contributed by atoms with Gasteiger partial charge in [0.15, 0.2) is 6.10 Å². The van der Waals surface area contributed by atoms with Crippen LogP contribution in [0, 0.1) is 0 Å². The van der Waals surface area contributed by atoms with E-state index in [1.807, 2.05) is 0 Å². The number of aliphatic imine (C=N–C) groups is 1. The third-order valence-corrected chi connectivity index (χ3v) is 2.10. The van der Waals surface area contributed by atoms with Gasteiger partial charge in [-0.15, -0.1) is 0 Å². The van der Waals surface area contributed by atoms with E-state index in [0.29, 0.717) is 5.69 Å². The molecule has 0 radical (unpaired) electrons. The number of amides is 1. The molecule has 0 aromatic heterocycles. The molecule has 0 saturated heterocycles. The summed E-state index contributed by atoms with van der Waals surface area (Å²) < 4.78 is 0. The first-order valence-corrected chi connectivity index (χ1v) is 4.81. The number of thiocarbonyl (C=S) groups is 1. The summed E-state index contributed by atoms with van der Waals surface area (Å²) in [5.74, 6) is -1.01. The van der Waals surface area contributed by atoms with E-state index in [4.69, 9.17) is 5.73 Å². The van der Waals surface area contributed by atoms with E-state index in [-0.39, 0.29) is 5.56 Å². The summed E-state index contributed by atoms with van der Waals surface area (Å²) >= 11 is 4.45. The van der Waals surface area contributed by atoms with Gasteiger partial charge in [0.1, 0.15) is 6.10 Å². The number of nitrogens with zero attached hydrogens (tertiary/aromatic N) is 1. The third kappa shape index (κ3) is 2.71. The second-order valence-corrected chi connectivity index (χ2v) is 3.24. The predicted octanol–water partition coefficient (Wildman–Crippen LogP) is 0.300. The first-order valence-electron chi connectivity index (χ1n) is 4.40. The Bertz CT molecular complexity index is 443. The molecule has 1 aromatic rings. The van der Waals surface area contributed by atoms with Gasteiger partial charge in [0.05, 0.1) is 10.8 Å². The molecule has 16 heavy (non-hydrogen) atoms. The number of aliphatic hydroxyl groups excluding tert-OH is 2. The van der Waals surface area contributed by atoms with Gasteiger partial charge in [0.25, 0.3) is 0 Å². The summed E-state index contributed by atoms with van der Waals surface area (Å²) in [7, 11) is 0. The molecule has 5 nitrogen and oxygen atoms in total. The summed E-state index contributed by atoms with van der Waals surface area (Å²) in [5.41, 5.74) is 5.49. The van der Waals surface area contributed by atoms with Gasteiger partial charge in [-0.3, -0.25) is 4.79 Å². The molecular weight excluding hydrogens is 228 g/mol. The number of primary amides is 1. The zero-order chi connectivity index (χ0) is 12.1. The second-order valence-electron chi connectivity index (χ2n) is 3.05. The molecule has 2 unspecified atom stereocenters. The Morgan fingerprint density at radius 1 is 1.44 bits per heavy atom. The molecule has 0 fully saturated rings. The van der Waals surface area contributed by atoms with Crippen molar-refractivity contribution in [3.8, 4) is 0 Å². The van der Waals surface area contributed by atoms with Crippen LogP contribution in [0.4, 0.5) is 5.69 Å². The molecule has 0 aliphatic carbocycles. The fraction of sp³-hybridized carbons (Fsp3) is 0.200. The lowest BCUT2D eigenvalue weighted by Gasteiger charge is -2.16. The molecule has 1 amide bonds. The Labute approximate surface area is 97.2 Å². The van der Waals surface area contributed by atoms with Crippen molar-refractivity contribution in [3.63, 3.8) is 0 Å². The average Bonchev–Trinajstić information content (AvgIpc) is 2.28. The molecule has 0 spiro atoms. The molecule has 0 saturated carbocycles. The lowest BCUT2D eigenvalue weighted by Crippen LogP contribution is -2.33. The number of aliphatic hydroxyl groups is 2. The molecule has 0 bridgehead atoms. The van der Waals surface area contributed by atoms with Gasteiger partial charge in [-0.1, -0.05) is 18.2 Å². The highest BCUT2D eigenvalue weighted by Gasteiger charge is 2.25. The van der Waals surface area contributed by atoms with E-state index < -0.39 is 18.1 Å². The van der Waals surface area contributed by atoms with Crippen molar-refractivity contribution >= 4 is 29.0 Å². The molecule has 1 aromatic carbocycles. The van der Waals surface area contributed by atoms with Crippen LogP contribution in [0.1, 0.15) is 11.7 Å². The zero-order valence-electron chi connectivity index (χ0n) is 8.20. The van der Waals surface area contributed by atoms with Gasteiger partial charge in [0, 0.05) is 5.56 Å². The van der Waals surface area contributed by atoms with Gasteiger partial charge in [0.2, 0.25) is 5.91 Å². The van der Waals surface area contributed by atoms with Crippen molar-refractivity contribution in [1.29, 1.82) is 0 Å². The molecule has 0 aliphatic rings. The largest absolute Gasteiger partial charge is 0.385 e. The number of carbonyl (C=O) groups is 1. The average molecular weight is 238 g/mol. The maximum atomic E-state index is 10.7. The van der Waals surface area contributed by atoms with Crippen LogP contribution < -0.4 is 5.73 Å². The van der Waals surface area contributed by atoms with Crippen molar-refractivity contribution in [3.05, 3.63) is 29.8 Å². The number of nitrogens with two attached hydrogens (primary N) is 1. The van der Waals surface area contributed by atoms with Crippen LogP contribution in [-0.4, -0.2) is 27.4 Å². The number of hydrogen-bond acceptors (Lipinski definition) is 5. The first-order chi connectivity index (χ1) is 7.57. The summed E-state index contributed by atoms with van der Waals surface area (Å²) in [4.78, 5) is 14.4. The molecule has 2 atom stereocenters. The van der Waals surface area contributed by atoms with E-state index in [0.717, 1.165) is 0 Å². The smallest absolute Gasteiger partial charge is 0.249 e. The summed E-state index contributed by atoms with van der Waals surface area (Å²) in [6.45, 7) is 0. The maximum Gasteiger partial charge on any atom is 0.249 e. The summed E-state index contributed by atoms with van der Waals surface area (Å²) in [5, 5.41) is 21.2. The number of rotatable bonds is 4. The molecule has 0 heterocycles. The topological polar surface area (TPSA) is 95.9 Å². The van der Waals surface area contributed by atoms with E-state index >= 15 is 0 Å². The lowest BCUT2D eigenvalue weighted by atomic mass is 10.0. The molecule has 4 N–H and O–H groups in total. The summed E-state index contributed by atoms with van der Waals surface area (Å²) in [6, 6.07) is 6.40. The van der Waals surface area contributed by atoms with Crippen molar-refractivity contribution in [2.75, 3.05) is 0 Å². The predicted molar refractivity (Wildman–Crippen MR) is 61.3 cm³/mol. The Balaban J connectivity index is 3.12. The van der Waals surface area contributed by atoms with Crippen LogP contribution in [0.3, 0.4) is 0 Å². The monoisotopic (exact) mass is 238 g/mol. The Morgan fingerprint density at radius 3 is 2.62 bits per heavy atom. The van der Waals surface area contributed by atoms with Gasteiger partial charge in [-0.2, -0.15) is 4.99 Å². The molecular formula is C10H10N2O3S. The van der Waals surface area contributed by atoms with Gasteiger partial charge >= 0.3 is 0 Å². The fourth-order valence-electron chi connectivity index (χ4n) is 1.21. The molecule has 84 valence electrons. The normalized spacial score (nSPS) is 13.6. The Hall–Kier alpha value is -1.59. The van der Waals surface area contributed by atoms with Crippen LogP contribution in [-0.2, 0) is 4.79 Å². The van der Waals surface area contributed by atoms with Gasteiger partial charge in [-0.25, -0.2) is 0 Å². The lowest BCUT2D eigenvalue weighted by molar-refractivity contribution is -0.131.